The van der Waals surface area contributed by atoms with E-state index in [4.69, 9.17) is 11.6 Å². The molecule has 0 heterocycles. The maximum absolute atomic E-state index is 5.64. The second kappa shape index (κ2) is 5.55. The molecule has 0 aliphatic carbocycles. The lowest BCUT2D eigenvalue weighted by Gasteiger charge is -2.00. The summed E-state index contributed by atoms with van der Waals surface area (Å²) in [5.41, 5.74) is 0. The minimum absolute atomic E-state index is 0.604. The molecule has 0 saturated heterocycles. The van der Waals surface area contributed by atoms with E-state index in [-0.39, 0.29) is 0 Å². The van der Waals surface area contributed by atoms with E-state index >= 15 is 0 Å². The van der Waals surface area contributed by atoms with Crippen molar-refractivity contribution >= 4 is 11.6 Å². The van der Waals surface area contributed by atoms with Gasteiger partial charge in [-0.1, -0.05) is 30.7 Å². The molecular weight excluding hydrogens is 144 g/mol. The van der Waals surface area contributed by atoms with E-state index in [1.54, 1.807) is 0 Å². The third-order valence-corrected chi connectivity index (χ3v) is 1.60. The lowest BCUT2D eigenvalue weighted by Crippen LogP contribution is -1.86. The van der Waals surface area contributed by atoms with E-state index in [1.807, 2.05) is 19.1 Å². The molecule has 1 atom stereocenters. The fourth-order valence-electron chi connectivity index (χ4n) is 0.663. The quantitative estimate of drug-likeness (QED) is 0.547. The summed E-state index contributed by atoms with van der Waals surface area (Å²) >= 11 is 5.64. The number of rotatable bonds is 4. The molecule has 0 radical (unpaired) electrons. The van der Waals surface area contributed by atoms with Crippen LogP contribution >= 0.6 is 11.6 Å². The van der Waals surface area contributed by atoms with Gasteiger partial charge in [-0.2, -0.15) is 0 Å². The summed E-state index contributed by atoms with van der Waals surface area (Å²) < 4.78 is 0. The maximum Gasteiger partial charge on any atom is 0.0110 e. The molecule has 0 bridgehead atoms. The molecule has 1 heteroatoms. The average molecular weight is 159 g/mol. The highest BCUT2D eigenvalue weighted by molar-refractivity contribution is 6.29. The second-order valence-corrected chi connectivity index (χ2v) is 3.18. The van der Waals surface area contributed by atoms with Crippen molar-refractivity contribution < 1.29 is 0 Å². The summed E-state index contributed by atoms with van der Waals surface area (Å²) in [4.78, 5) is 0. The lowest BCUT2D eigenvalue weighted by atomic mass is 10.1. The Balaban J connectivity index is 3.36. The first-order valence-corrected chi connectivity index (χ1v) is 3.99. The molecule has 0 aromatic rings. The first-order chi connectivity index (χ1) is 4.66. The Morgan fingerprint density at radius 3 is 2.70 bits per heavy atom. The van der Waals surface area contributed by atoms with Crippen LogP contribution in [0.15, 0.2) is 23.8 Å². The summed E-state index contributed by atoms with van der Waals surface area (Å²) in [5.74, 6) is 0.604. The number of allylic oxidation sites excluding steroid dienone is 3. The third-order valence-electron chi connectivity index (χ3n) is 1.45. The van der Waals surface area contributed by atoms with Gasteiger partial charge in [0.15, 0.2) is 0 Å². The van der Waals surface area contributed by atoms with Crippen LogP contribution in [0.5, 0.6) is 0 Å². The van der Waals surface area contributed by atoms with Crippen molar-refractivity contribution in [2.75, 3.05) is 0 Å². The predicted octanol–water partition coefficient (Wildman–Crippen LogP) is 3.73. The highest BCUT2D eigenvalue weighted by atomic mass is 35.5. The van der Waals surface area contributed by atoms with Crippen LogP contribution < -0.4 is 0 Å². The Labute approximate surface area is 68.6 Å². The largest absolute Gasteiger partial charge is 0.103 e. The third kappa shape index (κ3) is 5.90. The van der Waals surface area contributed by atoms with Crippen LogP contribution in [-0.4, -0.2) is 0 Å². The molecule has 0 aliphatic heterocycles. The van der Waals surface area contributed by atoms with E-state index < -0.39 is 0 Å². The van der Waals surface area contributed by atoms with Crippen LogP contribution in [0.25, 0.3) is 0 Å². The zero-order chi connectivity index (χ0) is 7.98. The van der Waals surface area contributed by atoms with Gasteiger partial charge in [0.25, 0.3) is 0 Å². The molecule has 0 aromatic heterocycles. The molecule has 0 spiro atoms. The van der Waals surface area contributed by atoms with Crippen LogP contribution in [0.2, 0.25) is 0 Å². The van der Waals surface area contributed by atoms with Crippen LogP contribution in [0.4, 0.5) is 0 Å². The van der Waals surface area contributed by atoms with E-state index in [0.29, 0.717) is 5.92 Å². The fraction of sp³-hybridized carbons (Fsp3) is 0.556. The van der Waals surface area contributed by atoms with E-state index in [0.717, 1.165) is 17.9 Å². The molecule has 0 N–H and O–H groups in total. The Morgan fingerprint density at radius 1 is 1.70 bits per heavy atom. The SMILES string of the molecule is C=CC(C)CCC=C(C)Cl. The van der Waals surface area contributed by atoms with Gasteiger partial charge in [-0.05, 0) is 25.7 Å². The average Bonchev–Trinajstić information content (AvgIpc) is 1.87. The van der Waals surface area contributed by atoms with Crippen molar-refractivity contribution in [3.8, 4) is 0 Å². The highest BCUT2D eigenvalue weighted by Gasteiger charge is 1.92. The summed E-state index contributed by atoms with van der Waals surface area (Å²) in [6.07, 6.45) is 6.22. The molecule has 0 fully saturated rings. The minimum Gasteiger partial charge on any atom is -0.103 e. The molecule has 58 valence electrons. The Kier molecular flexibility index (Phi) is 5.42. The van der Waals surface area contributed by atoms with Crippen LogP contribution in [0.3, 0.4) is 0 Å². The van der Waals surface area contributed by atoms with Gasteiger partial charge in [0.05, 0.1) is 0 Å². The van der Waals surface area contributed by atoms with Gasteiger partial charge in [0, 0.05) is 5.03 Å². The number of hydrogen-bond donors (Lipinski definition) is 0. The van der Waals surface area contributed by atoms with E-state index in [2.05, 4.69) is 13.5 Å². The first kappa shape index (κ1) is 9.77. The zero-order valence-electron chi connectivity index (χ0n) is 6.73. The van der Waals surface area contributed by atoms with Gasteiger partial charge in [-0.25, -0.2) is 0 Å². The second-order valence-electron chi connectivity index (χ2n) is 2.58. The van der Waals surface area contributed by atoms with Crippen molar-refractivity contribution in [2.24, 2.45) is 5.92 Å². The summed E-state index contributed by atoms with van der Waals surface area (Å²) in [5, 5.41) is 0.885. The predicted molar refractivity (Wildman–Crippen MR) is 48.2 cm³/mol. The van der Waals surface area contributed by atoms with Crippen molar-refractivity contribution in [2.45, 2.75) is 26.7 Å². The van der Waals surface area contributed by atoms with Crippen LogP contribution in [-0.2, 0) is 0 Å². The molecule has 0 rings (SSSR count). The molecular formula is C9H15Cl. The Bertz CT molecular complexity index is 121. The normalized spacial score (nSPS) is 14.9. The fourth-order valence-corrected chi connectivity index (χ4v) is 0.772. The Morgan fingerprint density at radius 2 is 2.30 bits per heavy atom. The lowest BCUT2D eigenvalue weighted by molar-refractivity contribution is 0.659. The standard InChI is InChI=1S/C9H15Cl/c1-4-8(2)6-5-7-9(3)10/h4,7-8H,1,5-6H2,2-3H3. The topological polar surface area (TPSA) is 0 Å². The monoisotopic (exact) mass is 158 g/mol. The van der Waals surface area contributed by atoms with E-state index in [1.165, 1.54) is 0 Å². The van der Waals surface area contributed by atoms with Gasteiger partial charge in [-0.15, -0.1) is 6.58 Å². The molecule has 10 heavy (non-hydrogen) atoms. The van der Waals surface area contributed by atoms with Crippen molar-refractivity contribution in [3.05, 3.63) is 23.8 Å². The van der Waals surface area contributed by atoms with Gasteiger partial charge < -0.3 is 0 Å². The van der Waals surface area contributed by atoms with Gasteiger partial charge in [0.1, 0.15) is 0 Å². The van der Waals surface area contributed by atoms with E-state index in [9.17, 15) is 0 Å². The molecule has 0 aliphatic rings. The highest BCUT2D eigenvalue weighted by Crippen LogP contribution is 2.09. The first-order valence-electron chi connectivity index (χ1n) is 3.61. The molecule has 0 aromatic carbocycles. The van der Waals surface area contributed by atoms with Crippen LogP contribution in [0, 0.1) is 5.92 Å². The van der Waals surface area contributed by atoms with Gasteiger partial charge >= 0.3 is 0 Å². The van der Waals surface area contributed by atoms with Crippen molar-refractivity contribution in [3.63, 3.8) is 0 Å². The van der Waals surface area contributed by atoms with Crippen molar-refractivity contribution in [1.29, 1.82) is 0 Å². The molecule has 0 amide bonds. The maximum atomic E-state index is 5.64. The number of hydrogen-bond acceptors (Lipinski definition) is 0. The minimum atomic E-state index is 0.604. The molecule has 1 unspecified atom stereocenters. The van der Waals surface area contributed by atoms with Crippen molar-refractivity contribution in [1.82, 2.24) is 0 Å². The number of halogens is 1. The van der Waals surface area contributed by atoms with Gasteiger partial charge in [-0.3, -0.25) is 0 Å². The molecule has 0 saturated carbocycles. The summed E-state index contributed by atoms with van der Waals surface area (Å²) in [6.45, 7) is 7.76. The summed E-state index contributed by atoms with van der Waals surface area (Å²) in [7, 11) is 0. The van der Waals surface area contributed by atoms with Crippen LogP contribution in [0.1, 0.15) is 26.7 Å². The molecule has 0 nitrogen and oxygen atoms in total. The summed E-state index contributed by atoms with van der Waals surface area (Å²) in [6, 6.07) is 0. The van der Waals surface area contributed by atoms with Gasteiger partial charge in [0.2, 0.25) is 0 Å². The zero-order valence-corrected chi connectivity index (χ0v) is 7.49. The Hall–Kier alpha value is -0.230. The smallest absolute Gasteiger partial charge is 0.0110 e.